The molecule has 4 heavy (non-hydrogen) atoms. The van der Waals surface area contributed by atoms with Gasteiger partial charge in [0.2, 0.25) is 0 Å². The van der Waals surface area contributed by atoms with Crippen molar-refractivity contribution < 1.29 is 50.9 Å². The van der Waals surface area contributed by atoms with Gasteiger partial charge in [0.25, 0.3) is 0 Å². The molecule has 0 aliphatic rings. The summed E-state index contributed by atoms with van der Waals surface area (Å²) in [5, 5.41) is 0. The van der Waals surface area contributed by atoms with Crippen molar-refractivity contribution in [2.45, 2.75) is 0 Å². The Labute approximate surface area is 61.7 Å². The average molecular weight is 199 g/mol. The number of hydrogen-bond acceptors (Lipinski definition) is 0. The van der Waals surface area contributed by atoms with Gasteiger partial charge in [0.05, 0.1) is 0 Å². The third-order valence-corrected chi connectivity index (χ3v) is 0. The maximum absolute atomic E-state index is 0. The summed E-state index contributed by atoms with van der Waals surface area (Å²) >= 11 is 0. The molecule has 0 rings (SSSR count). The van der Waals surface area contributed by atoms with Gasteiger partial charge < -0.3 is 0 Å². The largest absolute Gasteiger partial charge is 0.0149 e. The molecule has 0 heterocycles. The van der Waals surface area contributed by atoms with Gasteiger partial charge in [-0.15, -0.1) is 0 Å². The van der Waals surface area contributed by atoms with Crippen molar-refractivity contribution in [1.29, 1.82) is 0 Å². The monoisotopic (exact) mass is 198 g/mol. The van der Waals surface area contributed by atoms with Gasteiger partial charge in [-0.25, -0.2) is 0 Å². The van der Waals surface area contributed by atoms with Crippen LogP contribution < -0.4 is 0 Å². The summed E-state index contributed by atoms with van der Waals surface area (Å²) in [5.41, 5.74) is 0. The summed E-state index contributed by atoms with van der Waals surface area (Å²) in [4.78, 5) is 0. The van der Waals surface area contributed by atoms with E-state index in [4.69, 9.17) is 0 Å². The second-order valence-electron chi connectivity index (χ2n) is 0. The van der Waals surface area contributed by atoms with E-state index in [0.717, 1.165) is 0 Å². The molecule has 0 unspecified atom stereocenters. The molecule has 0 aliphatic carbocycles. The quantitative estimate of drug-likeness (QED) is 0.418. The molecule has 4 heteroatoms. The fourth-order valence-corrected chi connectivity index (χ4v) is 0. The van der Waals surface area contributed by atoms with Crippen LogP contribution in [0.25, 0.3) is 0 Å². The van der Waals surface area contributed by atoms with E-state index in [0.29, 0.717) is 0 Å². The Kier molecular flexibility index (Phi) is 228. The SMILES string of the molecule is [Cr].[Fe].[Ni].[SiH4]. The first-order valence-corrected chi connectivity index (χ1v) is 0. The molecule has 0 N–H and O–H groups in total. The molecular formula is H4CrFeNiSi. The topological polar surface area (TPSA) is 0 Å². The van der Waals surface area contributed by atoms with E-state index in [1.165, 1.54) is 0 Å². The molecular weight excluding hydrogens is 195 g/mol. The van der Waals surface area contributed by atoms with Crippen molar-refractivity contribution in [3.63, 3.8) is 0 Å². The first kappa shape index (κ1) is 42.1. The van der Waals surface area contributed by atoms with Gasteiger partial charge in [0.1, 0.15) is 0 Å². The van der Waals surface area contributed by atoms with E-state index in [2.05, 4.69) is 0 Å². The Morgan fingerprint density at radius 1 is 1.00 bits per heavy atom. The zero-order chi connectivity index (χ0) is 0. The molecule has 0 aromatic heterocycles. The maximum atomic E-state index is 0. The summed E-state index contributed by atoms with van der Waals surface area (Å²) in [6.07, 6.45) is 0. The van der Waals surface area contributed by atoms with Crippen molar-refractivity contribution in [1.82, 2.24) is 0 Å². The van der Waals surface area contributed by atoms with E-state index in [9.17, 15) is 0 Å². The average Bonchev–Trinajstić information content (AvgIpc) is 0. The zero-order valence-electron chi connectivity index (χ0n) is 1.08. The maximum Gasteiger partial charge on any atom is 0 e. The second kappa shape index (κ2) is 21.7. The first-order valence-electron chi connectivity index (χ1n) is 0. The van der Waals surface area contributed by atoms with Gasteiger partial charge in [0, 0.05) is 50.9 Å². The number of hydrogen-bond donors (Lipinski definition) is 0. The fraction of sp³-hybridized carbons (Fsp3) is 0. The van der Waals surface area contributed by atoms with E-state index < -0.39 is 0 Å². The minimum Gasteiger partial charge on any atom is -0.0149 e. The van der Waals surface area contributed by atoms with Crippen LogP contribution in [0.2, 0.25) is 0 Å². The van der Waals surface area contributed by atoms with Crippen LogP contribution in [0.15, 0.2) is 0 Å². The smallest absolute Gasteiger partial charge is 0 e. The Morgan fingerprint density at radius 3 is 1.00 bits per heavy atom. The Balaban J connectivity index is 0. The molecule has 0 amide bonds. The molecule has 0 radical (unpaired) electrons. The molecule has 32 valence electrons. The van der Waals surface area contributed by atoms with E-state index in [-0.39, 0.29) is 61.9 Å². The second-order valence-corrected chi connectivity index (χ2v) is 0. The van der Waals surface area contributed by atoms with E-state index in [1.807, 2.05) is 0 Å². The van der Waals surface area contributed by atoms with Crippen molar-refractivity contribution in [3.8, 4) is 0 Å². The van der Waals surface area contributed by atoms with Gasteiger partial charge in [0.15, 0.2) is 0 Å². The predicted octanol–water partition coefficient (Wildman–Crippen LogP) is -1.46. The molecule has 0 nitrogen and oxygen atoms in total. The van der Waals surface area contributed by atoms with Crippen LogP contribution in [-0.4, -0.2) is 11.0 Å². The Hall–Kier alpha value is 1.76. The van der Waals surface area contributed by atoms with Crippen LogP contribution in [0.3, 0.4) is 0 Å². The molecule has 0 saturated carbocycles. The van der Waals surface area contributed by atoms with Gasteiger partial charge in [-0.1, -0.05) is 0 Å². The summed E-state index contributed by atoms with van der Waals surface area (Å²) < 4.78 is 0. The third-order valence-electron chi connectivity index (χ3n) is 0. The summed E-state index contributed by atoms with van der Waals surface area (Å²) in [6, 6.07) is 0. The van der Waals surface area contributed by atoms with Crippen LogP contribution in [-0.2, 0) is 50.9 Å². The first-order chi connectivity index (χ1) is 0. The zero-order valence-corrected chi connectivity index (χ0v) is 4.44. The van der Waals surface area contributed by atoms with Crippen molar-refractivity contribution in [3.05, 3.63) is 0 Å². The molecule has 0 aromatic carbocycles. The minimum atomic E-state index is 0. The molecule has 0 saturated heterocycles. The van der Waals surface area contributed by atoms with Crippen molar-refractivity contribution in [2.24, 2.45) is 0 Å². The van der Waals surface area contributed by atoms with Crippen molar-refractivity contribution >= 4 is 11.0 Å². The standard InChI is InChI=1S/Cr.Fe.Ni.H4Si/h;;;1H4. The molecule has 0 aliphatic heterocycles. The summed E-state index contributed by atoms with van der Waals surface area (Å²) in [5.74, 6) is 0. The van der Waals surface area contributed by atoms with Crippen LogP contribution in [0, 0.1) is 0 Å². The van der Waals surface area contributed by atoms with E-state index >= 15 is 0 Å². The molecule has 0 bridgehead atoms. The minimum absolute atomic E-state index is 0. The van der Waals surface area contributed by atoms with Gasteiger partial charge in [-0.2, -0.15) is 0 Å². The van der Waals surface area contributed by atoms with Gasteiger partial charge in [-0.3, -0.25) is 0 Å². The molecule has 0 aromatic rings. The van der Waals surface area contributed by atoms with Crippen LogP contribution in [0.1, 0.15) is 0 Å². The molecule has 0 fully saturated rings. The van der Waals surface area contributed by atoms with Crippen LogP contribution >= 0.6 is 0 Å². The van der Waals surface area contributed by atoms with Gasteiger partial charge >= 0.3 is 0 Å². The summed E-state index contributed by atoms with van der Waals surface area (Å²) in [7, 11) is 0. The van der Waals surface area contributed by atoms with Crippen molar-refractivity contribution in [2.75, 3.05) is 0 Å². The van der Waals surface area contributed by atoms with Gasteiger partial charge in [-0.05, 0) is 11.0 Å². The molecule has 0 spiro atoms. The predicted molar refractivity (Wildman–Crippen MR) is 11.3 cm³/mol. The third kappa shape index (κ3) is 9.24. The summed E-state index contributed by atoms with van der Waals surface area (Å²) in [6.45, 7) is 0. The van der Waals surface area contributed by atoms with Crippen LogP contribution in [0.4, 0.5) is 0 Å². The fourth-order valence-electron chi connectivity index (χ4n) is 0. The number of rotatable bonds is 0. The van der Waals surface area contributed by atoms with E-state index in [1.54, 1.807) is 0 Å². The Bertz CT molecular complexity index is 8.00. The molecule has 0 atom stereocenters. The Morgan fingerprint density at radius 2 is 1.00 bits per heavy atom. The normalized spacial score (nSPS) is 0. The van der Waals surface area contributed by atoms with Crippen LogP contribution in [0.5, 0.6) is 0 Å².